The number of carbonyl (C=O) groups is 1. The summed E-state index contributed by atoms with van der Waals surface area (Å²) in [5.41, 5.74) is 3.39. The minimum absolute atomic E-state index is 0.101. The molecule has 3 aromatic carbocycles. The van der Waals surface area contributed by atoms with Crippen molar-refractivity contribution in [1.82, 2.24) is 5.43 Å². The number of methoxy groups -OCH3 is 1. The second-order valence-corrected chi connectivity index (χ2v) is 5.12. The van der Waals surface area contributed by atoms with E-state index in [2.05, 4.69) is 10.5 Å². The maximum atomic E-state index is 12.2. The lowest BCUT2D eigenvalue weighted by Gasteiger charge is -2.07. The molecule has 0 saturated carbocycles. The van der Waals surface area contributed by atoms with Crippen molar-refractivity contribution >= 4 is 22.9 Å². The Balaban J connectivity index is 1.85. The van der Waals surface area contributed by atoms with Crippen LogP contribution in [0.5, 0.6) is 11.5 Å². The van der Waals surface area contributed by atoms with Crippen molar-refractivity contribution in [3.8, 4) is 11.5 Å². The number of rotatable bonds is 4. The van der Waals surface area contributed by atoms with Gasteiger partial charge in [0.2, 0.25) is 0 Å². The van der Waals surface area contributed by atoms with E-state index in [-0.39, 0.29) is 11.7 Å². The van der Waals surface area contributed by atoms with Crippen LogP contribution in [0.15, 0.2) is 65.8 Å². The number of fused-ring (bicyclic) bond motifs is 1. The van der Waals surface area contributed by atoms with Crippen LogP contribution in [0.4, 0.5) is 0 Å². The number of hydrogen-bond acceptors (Lipinski definition) is 4. The first-order chi connectivity index (χ1) is 11.7. The van der Waals surface area contributed by atoms with Gasteiger partial charge in [0.15, 0.2) is 0 Å². The van der Waals surface area contributed by atoms with Crippen LogP contribution in [0, 0.1) is 0 Å². The molecule has 0 atom stereocenters. The molecule has 0 aliphatic rings. The maximum Gasteiger partial charge on any atom is 0.275 e. The molecule has 2 N–H and O–H groups in total. The van der Waals surface area contributed by atoms with Crippen LogP contribution in [0.3, 0.4) is 0 Å². The fraction of sp³-hybridized carbons (Fsp3) is 0.0526. The number of nitrogens with one attached hydrogen (secondary N) is 1. The highest BCUT2D eigenvalue weighted by Gasteiger charge is 2.10. The average molecular weight is 320 g/mol. The first kappa shape index (κ1) is 15.6. The predicted octanol–water partition coefficient (Wildman–Crippen LogP) is 3.32. The highest BCUT2D eigenvalue weighted by molar-refractivity contribution is 6.03. The molecule has 3 aromatic rings. The molecule has 5 heteroatoms. The number of hydrazone groups is 1. The van der Waals surface area contributed by atoms with Gasteiger partial charge in [-0.15, -0.1) is 0 Å². The third kappa shape index (κ3) is 3.05. The molecule has 1 amide bonds. The summed E-state index contributed by atoms with van der Waals surface area (Å²) in [5.74, 6) is 0.186. The van der Waals surface area contributed by atoms with Crippen molar-refractivity contribution in [2.75, 3.05) is 7.11 Å². The zero-order valence-corrected chi connectivity index (χ0v) is 13.1. The molecule has 24 heavy (non-hydrogen) atoms. The van der Waals surface area contributed by atoms with Crippen molar-refractivity contribution in [2.24, 2.45) is 5.10 Å². The Morgan fingerprint density at radius 3 is 2.67 bits per heavy atom. The predicted molar refractivity (Wildman–Crippen MR) is 93.7 cm³/mol. The summed E-state index contributed by atoms with van der Waals surface area (Å²) in [6.07, 6.45) is 1.44. The molecule has 0 aliphatic heterocycles. The molecule has 5 nitrogen and oxygen atoms in total. The van der Waals surface area contributed by atoms with Crippen molar-refractivity contribution in [2.45, 2.75) is 0 Å². The van der Waals surface area contributed by atoms with Gasteiger partial charge in [0, 0.05) is 5.56 Å². The van der Waals surface area contributed by atoms with Crippen LogP contribution in [-0.4, -0.2) is 24.3 Å². The van der Waals surface area contributed by atoms with E-state index < -0.39 is 0 Å². The van der Waals surface area contributed by atoms with E-state index in [0.29, 0.717) is 16.9 Å². The van der Waals surface area contributed by atoms with Crippen LogP contribution in [0.25, 0.3) is 10.8 Å². The zero-order valence-electron chi connectivity index (χ0n) is 13.1. The number of nitrogens with zero attached hydrogens (tertiary/aromatic N) is 1. The van der Waals surface area contributed by atoms with E-state index >= 15 is 0 Å². The maximum absolute atomic E-state index is 12.2. The molecule has 0 aromatic heterocycles. The Labute approximate surface area is 139 Å². The number of aromatic hydroxyl groups is 1. The standard InChI is InChI=1S/C19H16N2O3/c1-24-18-9-5-4-8-15(18)19(23)21-20-12-16-14-7-3-2-6-13(14)10-11-17(16)22/h2-12,22H,1H3,(H,21,23). The third-order valence-corrected chi connectivity index (χ3v) is 3.66. The smallest absolute Gasteiger partial charge is 0.275 e. The van der Waals surface area contributed by atoms with Gasteiger partial charge in [-0.2, -0.15) is 5.10 Å². The molecule has 0 saturated heterocycles. The van der Waals surface area contributed by atoms with Crippen molar-refractivity contribution in [3.05, 3.63) is 71.8 Å². The Kier molecular flexibility index (Phi) is 4.43. The minimum Gasteiger partial charge on any atom is -0.507 e. The van der Waals surface area contributed by atoms with Crippen LogP contribution >= 0.6 is 0 Å². The van der Waals surface area contributed by atoms with Gasteiger partial charge in [0.05, 0.1) is 18.9 Å². The van der Waals surface area contributed by atoms with Gasteiger partial charge in [-0.3, -0.25) is 4.79 Å². The van der Waals surface area contributed by atoms with E-state index in [4.69, 9.17) is 4.74 Å². The topological polar surface area (TPSA) is 70.9 Å². The number of phenols is 1. The average Bonchev–Trinajstić information content (AvgIpc) is 2.63. The molecule has 120 valence electrons. The lowest BCUT2D eigenvalue weighted by Crippen LogP contribution is -2.18. The highest BCUT2D eigenvalue weighted by Crippen LogP contribution is 2.25. The van der Waals surface area contributed by atoms with Gasteiger partial charge >= 0.3 is 0 Å². The second-order valence-electron chi connectivity index (χ2n) is 5.12. The number of benzene rings is 3. The first-order valence-corrected chi connectivity index (χ1v) is 7.38. The zero-order chi connectivity index (χ0) is 16.9. The van der Waals surface area contributed by atoms with E-state index in [1.807, 2.05) is 30.3 Å². The first-order valence-electron chi connectivity index (χ1n) is 7.38. The molecule has 0 radical (unpaired) electrons. The summed E-state index contributed by atoms with van der Waals surface area (Å²) < 4.78 is 5.16. The monoisotopic (exact) mass is 320 g/mol. The summed E-state index contributed by atoms with van der Waals surface area (Å²) in [6.45, 7) is 0. The number of carbonyl (C=O) groups excluding carboxylic acids is 1. The Morgan fingerprint density at radius 1 is 1.08 bits per heavy atom. The van der Waals surface area contributed by atoms with Crippen LogP contribution in [-0.2, 0) is 0 Å². The number of para-hydroxylation sites is 1. The van der Waals surface area contributed by atoms with Crippen LogP contribution in [0.2, 0.25) is 0 Å². The number of ether oxygens (including phenoxy) is 1. The fourth-order valence-corrected chi connectivity index (χ4v) is 2.47. The number of hydrogen-bond donors (Lipinski definition) is 2. The highest BCUT2D eigenvalue weighted by atomic mass is 16.5. The normalized spacial score (nSPS) is 10.9. The van der Waals surface area contributed by atoms with Crippen molar-refractivity contribution in [3.63, 3.8) is 0 Å². The lowest BCUT2D eigenvalue weighted by molar-refractivity contribution is 0.0952. The quantitative estimate of drug-likeness (QED) is 0.572. The SMILES string of the molecule is COc1ccccc1C(=O)NN=Cc1c(O)ccc2ccccc12. The lowest BCUT2D eigenvalue weighted by atomic mass is 10.0. The van der Waals surface area contributed by atoms with E-state index in [1.54, 1.807) is 30.3 Å². The second kappa shape index (κ2) is 6.83. The third-order valence-electron chi connectivity index (χ3n) is 3.66. The molecular weight excluding hydrogens is 304 g/mol. The molecule has 0 heterocycles. The van der Waals surface area contributed by atoms with E-state index in [1.165, 1.54) is 13.3 Å². The fourth-order valence-electron chi connectivity index (χ4n) is 2.47. The molecule has 3 rings (SSSR count). The van der Waals surface area contributed by atoms with Gasteiger partial charge in [-0.05, 0) is 29.0 Å². The van der Waals surface area contributed by atoms with E-state index in [0.717, 1.165) is 10.8 Å². The summed E-state index contributed by atoms with van der Waals surface area (Å²) in [5, 5.41) is 15.8. The number of phenolic OH excluding ortho intramolecular Hbond substituents is 1. The molecule has 0 fully saturated rings. The van der Waals surface area contributed by atoms with Gasteiger partial charge < -0.3 is 9.84 Å². The summed E-state index contributed by atoms with van der Waals surface area (Å²) in [4.78, 5) is 12.2. The van der Waals surface area contributed by atoms with Gasteiger partial charge in [0.25, 0.3) is 5.91 Å². The van der Waals surface area contributed by atoms with E-state index in [9.17, 15) is 9.90 Å². The van der Waals surface area contributed by atoms with Crippen molar-refractivity contribution < 1.29 is 14.6 Å². The van der Waals surface area contributed by atoms with Gasteiger partial charge in [0.1, 0.15) is 11.5 Å². The number of amides is 1. The largest absolute Gasteiger partial charge is 0.507 e. The molecule has 0 spiro atoms. The Bertz CT molecular complexity index is 919. The molecule has 0 bridgehead atoms. The minimum atomic E-state index is -0.386. The summed E-state index contributed by atoms with van der Waals surface area (Å²) in [6, 6.07) is 18.0. The molecule has 0 aliphatic carbocycles. The summed E-state index contributed by atoms with van der Waals surface area (Å²) >= 11 is 0. The Morgan fingerprint density at radius 2 is 1.83 bits per heavy atom. The molecule has 0 unspecified atom stereocenters. The summed E-state index contributed by atoms with van der Waals surface area (Å²) in [7, 11) is 1.50. The van der Waals surface area contributed by atoms with Crippen molar-refractivity contribution in [1.29, 1.82) is 0 Å². The van der Waals surface area contributed by atoms with Gasteiger partial charge in [-0.1, -0.05) is 42.5 Å². The van der Waals surface area contributed by atoms with Crippen LogP contribution in [0.1, 0.15) is 15.9 Å². The molecular formula is C19H16N2O3. The van der Waals surface area contributed by atoms with Crippen LogP contribution < -0.4 is 10.2 Å². The Hall–Kier alpha value is -3.34. The van der Waals surface area contributed by atoms with Gasteiger partial charge in [-0.25, -0.2) is 5.43 Å².